The number of nitrogens with one attached hydrogen (secondary N) is 2. The first kappa shape index (κ1) is 15.3. The highest BCUT2D eigenvalue weighted by atomic mass is 32.2. The van der Waals surface area contributed by atoms with E-state index in [0.29, 0.717) is 6.54 Å². The highest BCUT2D eigenvalue weighted by molar-refractivity contribution is 7.89. The maximum Gasteiger partial charge on any atom is 0.303 e. The normalized spacial score (nSPS) is 13.6. The van der Waals surface area contributed by atoms with Crippen LogP contribution >= 0.6 is 0 Å². The van der Waals surface area contributed by atoms with Gasteiger partial charge < -0.3 is 10.4 Å². The molecule has 0 spiro atoms. The molecule has 7 heteroatoms. The second kappa shape index (κ2) is 7.59. The summed E-state index contributed by atoms with van der Waals surface area (Å²) < 4.78 is 25.2. The van der Waals surface area contributed by atoms with Crippen LogP contribution in [-0.4, -0.2) is 45.4 Å². The lowest BCUT2D eigenvalue weighted by atomic mass is 10.2. The summed E-state index contributed by atoms with van der Waals surface area (Å²) in [6, 6.07) is 0. The molecule has 0 rings (SSSR count). The molecule has 1 unspecified atom stereocenters. The molecule has 0 heterocycles. The van der Waals surface area contributed by atoms with Crippen molar-refractivity contribution in [3.05, 3.63) is 0 Å². The minimum atomic E-state index is -3.33. The van der Waals surface area contributed by atoms with Crippen LogP contribution in [0.3, 0.4) is 0 Å². The quantitative estimate of drug-likeness (QED) is 0.520. The molecule has 0 aliphatic heterocycles. The summed E-state index contributed by atoms with van der Waals surface area (Å²) in [5.41, 5.74) is 0. The molecule has 0 bridgehead atoms. The molecule has 0 aromatic heterocycles. The van der Waals surface area contributed by atoms with Crippen LogP contribution in [0.15, 0.2) is 0 Å². The van der Waals surface area contributed by atoms with Gasteiger partial charge in [-0.15, -0.1) is 0 Å². The van der Waals surface area contributed by atoms with E-state index in [4.69, 9.17) is 5.11 Å². The third-order valence-corrected chi connectivity index (χ3v) is 3.44. The van der Waals surface area contributed by atoms with Gasteiger partial charge in [-0.05, 0) is 25.9 Å². The monoisotopic (exact) mass is 252 g/mol. The van der Waals surface area contributed by atoms with Crippen LogP contribution in [0.2, 0.25) is 0 Å². The maximum atomic E-state index is 11.4. The molecule has 0 saturated heterocycles. The van der Waals surface area contributed by atoms with Crippen LogP contribution in [-0.2, 0) is 14.8 Å². The molecule has 0 amide bonds. The third kappa shape index (κ3) is 8.63. The lowest BCUT2D eigenvalue weighted by Crippen LogP contribution is -2.33. The highest BCUT2D eigenvalue weighted by Gasteiger charge is 2.12. The Morgan fingerprint density at radius 2 is 2.00 bits per heavy atom. The van der Waals surface area contributed by atoms with Gasteiger partial charge in [0.2, 0.25) is 10.0 Å². The zero-order valence-corrected chi connectivity index (χ0v) is 10.5. The van der Waals surface area contributed by atoms with Crippen molar-refractivity contribution in [1.29, 1.82) is 0 Å². The van der Waals surface area contributed by atoms with Crippen molar-refractivity contribution < 1.29 is 18.3 Å². The van der Waals surface area contributed by atoms with E-state index in [1.807, 2.05) is 6.92 Å². The van der Waals surface area contributed by atoms with E-state index >= 15 is 0 Å². The molecule has 0 radical (unpaired) electrons. The van der Waals surface area contributed by atoms with Crippen LogP contribution < -0.4 is 10.0 Å². The molecule has 3 N–H and O–H groups in total. The molecule has 0 fully saturated rings. The molecule has 0 aliphatic carbocycles. The number of rotatable bonds is 9. The summed E-state index contributed by atoms with van der Waals surface area (Å²) in [6.07, 6.45) is 0.0258. The van der Waals surface area contributed by atoms with Gasteiger partial charge in [-0.1, -0.05) is 6.92 Å². The third-order valence-electron chi connectivity index (χ3n) is 2.01. The lowest BCUT2D eigenvalue weighted by molar-refractivity contribution is -0.137. The summed E-state index contributed by atoms with van der Waals surface area (Å²) in [4.78, 5) is 10.2. The molecular weight excluding hydrogens is 232 g/mol. The Kier molecular flexibility index (Phi) is 7.27. The number of carboxylic acid groups (broad SMARTS) is 1. The summed E-state index contributed by atoms with van der Waals surface area (Å²) in [5, 5.41) is 11.3. The average Bonchev–Trinajstić information content (AvgIpc) is 2.14. The minimum absolute atomic E-state index is 0.118. The van der Waals surface area contributed by atoms with Gasteiger partial charge in [0.1, 0.15) is 0 Å². The Hall–Kier alpha value is -0.660. The van der Waals surface area contributed by atoms with Gasteiger partial charge >= 0.3 is 5.97 Å². The predicted molar refractivity (Wildman–Crippen MR) is 61.8 cm³/mol. The fourth-order valence-corrected chi connectivity index (χ4v) is 2.38. The van der Waals surface area contributed by atoms with Crippen LogP contribution in [0, 0.1) is 5.92 Å². The van der Waals surface area contributed by atoms with Crippen LogP contribution in [0.1, 0.15) is 19.8 Å². The predicted octanol–water partition coefficient (Wildman–Crippen LogP) is -0.374. The second-order valence-electron chi connectivity index (χ2n) is 3.83. The van der Waals surface area contributed by atoms with Gasteiger partial charge in [0.15, 0.2) is 0 Å². The Bertz CT molecular complexity index is 303. The molecule has 96 valence electrons. The molecular formula is C9H20N2O4S. The Labute approximate surface area is 96.5 Å². The topological polar surface area (TPSA) is 95.5 Å². The Morgan fingerprint density at radius 1 is 1.38 bits per heavy atom. The summed E-state index contributed by atoms with van der Waals surface area (Å²) in [7, 11) is -1.53. The SMILES string of the molecule is CNCC(C)CNS(=O)(=O)CCCC(=O)O. The van der Waals surface area contributed by atoms with Crippen molar-refractivity contribution in [3.8, 4) is 0 Å². The zero-order valence-electron chi connectivity index (χ0n) is 9.69. The zero-order chi connectivity index (χ0) is 12.6. The van der Waals surface area contributed by atoms with E-state index in [9.17, 15) is 13.2 Å². The molecule has 0 saturated carbocycles. The summed E-state index contributed by atoms with van der Waals surface area (Å²) in [5.74, 6) is -0.899. The number of carbonyl (C=O) groups is 1. The first-order valence-corrected chi connectivity index (χ1v) is 6.86. The fraction of sp³-hybridized carbons (Fsp3) is 0.889. The van der Waals surface area contributed by atoms with Crippen molar-refractivity contribution >= 4 is 16.0 Å². The van der Waals surface area contributed by atoms with E-state index < -0.39 is 16.0 Å². The van der Waals surface area contributed by atoms with Gasteiger partial charge in [0, 0.05) is 13.0 Å². The summed E-state index contributed by atoms with van der Waals surface area (Å²) in [6.45, 7) is 3.03. The lowest BCUT2D eigenvalue weighted by Gasteiger charge is -2.11. The molecule has 0 aliphatic rings. The van der Waals surface area contributed by atoms with Crippen molar-refractivity contribution in [2.75, 3.05) is 25.9 Å². The largest absolute Gasteiger partial charge is 0.481 e. The smallest absolute Gasteiger partial charge is 0.303 e. The molecule has 0 aromatic carbocycles. The van der Waals surface area contributed by atoms with Gasteiger partial charge in [-0.25, -0.2) is 13.1 Å². The van der Waals surface area contributed by atoms with E-state index in [1.54, 1.807) is 7.05 Å². The summed E-state index contributed by atoms with van der Waals surface area (Å²) >= 11 is 0. The van der Waals surface area contributed by atoms with Crippen LogP contribution in [0.4, 0.5) is 0 Å². The van der Waals surface area contributed by atoms with Crippen molar-refractivity contribution in [2.24, 2.45) is 5.92 Å². The highest BCUT2D eigenvalue weighted by Crippen LogP contribution is 1.97. The van der Waals surface area contributed by atoms with Crippen LogP contribution in [0.25, 0.3) is 0 Å². The van der Waals surface area contributed by atoms with Crippen molar-refractivity contribution in [1.82, 2.24) is 10.0 Å². The standard InChI is InChI=1S/C9H20N2O4S/c1-8(6-10-2)7-11-16(14,15)5-3-4-9(12)13/h8,10-11H,3-7H2,1-2H3,(H,12,13). The number of hydrogen-bond acceptors (Lipinski definition) is 4. The first-order valence-electron chi connectivity index (χ1n) is 5.21. The maximum absolute atomic E-state index is 11.4. The number of aliphatic carboxylic acids is 1. The first-order chi connectivity index (χ1) is 7.37. The van der Waals surface area contributed by atoms with E-state index in [-0.39, 0.29) is 24.5 Å². The van der Waals surface area contributed by atoms with Gasteiger partial charge in [-0.3, -0.25) is 4.79 Å². The number of hydrogen-bond donors (Lipinski definition) is 3. The van der Waals surface area contributed by atoms with Crippen molar-refractivity contribution in [3.63, 3.8) is 0 Å². The molecule has 0 aromatic rings. The molecule has 16 heavy (non-hydrogen) atoms. The average molecular weight is 252 g/mol. The Morgan fingerprint density at radius 3 is 2.50 bits per heavy atom. The fourth-order valence-electron chi connectivity index (χ4n) is 1.18. The van der Waals surface area contributed by atoms with Gasteiger partial charge in [0.05, 0.1) is 5.75 Å². The van der Waals surface area contributed by atoms with Crippen molar-refractivity contribution in [2.45, 2.75) is 19.8 Å². The van der Waals surface area contributed by atoms with Gasteiger partial charge in [-0.2, -0.15) is 0 Å². The molecule has 6 nitrogen and oxygen atoms in total. The van der Waals surface area contributed by atoms with Gasteiger partial charge in [0.25, 0.3) is 0 Å². The second-order valence-corrected chi connectivity index (χ2v) is 5.75. The van der Waals surface area contributed by atoms with E-state index in [1.165, 1.54) is 0 Å². The number of sulfonamides is 1. The molecule has 1 atom stereocenters. The van der Waals surface area contributed by atoms with E-state index in [2.05, 4.69) is 10.0 Å². The van der Waals surface area contributed by atoms with Crippen LogP contribution in [0.5, 0.6) is 0 Å². The van der Waals surface area contributed by atoms with E-state index in [0.717, 1.165) is 6.54 Å². The Balaban J connectivity index is 3.83. The minimum Gasteiger partial charge on any atom is -0.481 e. The number of carboxylic acids is 1.